The molecule has 14 heteroatoms. The Hall–Kier alpha value is -3.51. The number of nitrogens with zero attached hydrogens (tertiary/aromatic N) is 2. The number of para-hydroxylation sites is 1. The van der Waals surface area contributed by atoms with Gasteiger partial charge in [-0.25, -0.2) is 26.9 Å². The maximum Gasteiger partial charge on any atom is 0.258 e. The van der Waals surface area contributed by atoms with Crippen LogP contribution in [0.4, 0.5) is 27.6 Å². The number of aromatic hydroxyl groups is 1. The number of anilines is 1. The van der Waals surface area contributed by atoms with Crippen molar-refractivity contribution >= 4 is 52.5 Å². The SMILES string of the molecule is CC(C)(C)N1C(=O)C2CC=C3C(CC4(Cl)C(=O)N(c5c(F)c(F)c(F)c(F)c5F)C(=O)C4(Cl)C3c3ccccc3O)C2C1=O. The molecule has 6 unspecified atom stereocenters. The summed E-state index contributed by atoms with van der Waals surface area (Å²) < 4.78 is 72.5. The molecule has 0 aromatic heterocycles. The van der Waals surface area contributed by atoms with Crippen LogP contribution >= 0.6 is 23.2 Å². The second kappa shape index (κ2) is 9.50. The minimum absolute atomic E-state index is 0.0174. The molecule has 2 aliphatic carbocycles. The zero-order valence-corrected chi connectivity index (χ0v) is 24.7. The van der Waals surface area contributed by atoms with Crippen LogP contribution in [0, 0.1) is 46.8 Å². The van der Waals surface area contributed by atoms with Crippen LogP contribution in [0.15, 0.2) is 35.9 Å². The van der Waals surface area contributed by atoms with E-state index in [4.69, 9.17) is 23.2 Å². The summed E-state index contributed by atoms with van der Waals surface area (Å²) in [7, 11) is 0. The van der Waals surface area contributed by atoms with Gasteiger partial charge in [0.1, 0.15) is 11.4 Å². The smallest absolute Gasteiger partial charge is 0.258 e. The Bertz CT molecular complexity index is 1720. The van der Waals surface area contributed by atoms with E-state index in [2.05, 4.69) is 0 Å². The van der Waals surface area contributed by atoms with Gasteiger partial charge in [0.15, 0.2) is 33.0 Å². The first-order valence-corrected chi connectivity index (χ1v) is 14.3. The molecular weight excluding hydrogens is 634 g/mol. The highest BCUT2D eigenvalue weighted by molar-refractivity contribution is 6.58. The number of allylic oxidation sites excluding steroid dienone is 2. The number of alkyl halides is 2. The highest BCUT2D eigenvalue weighted by Crippen LogP contribution is 2.66. The Kier molecular flexibility index (Phi) is 6.59. The van der Waals surface area contributed by atoms with E-state index >= 15 is 8.78 Å². The average Bonchev–Trinajstić information content (AvgIpc) is 3.30. The first kappa shape index (κ1) is 30.5. The van der Waals surface area contributed by atoms with E-state index in [0.717, 1.165) is 4.90 Å². The monoisotopic (exact) mass is 656 g/mol. The van der Waals surface area contributed by atoms with Crippen molar-refractivity contribution in [2.45, 2.75) is 54.8 Å². The van der Waals surface area contributed by atoms with Crippen molar-refractivity contribution in [1.29, 1.82) is 0 Å². The fourth-order valence-corrected chi connectivity index (χ4v) is 8.23. The summed E-state index contributed by atoms with van der Waals surface area (Å²) in [5, 5.41) is 10.9. The summed E-state index contributed by atoms with van der Waals surface area (Å²) in [6.45, 7) is 4.98. The van der Waals surface area contributed by atoms with E-state index in [1.54, 1.807) is 26.8 Å². The van der Waals surface area contributed by atoms with Gasteiger partial charge in [-0.3, -0.25) is 24.1 Å². The molecule has 6 rings (SSSR count). The van der Waals surface area contributed by atoms with Crippen LogP contribution in [0.1, 0.15) is 45.1 Å². The lowest BCUT2D eigenvalue weighted by Gasteiger charge is -2.50. The van der Waals surface area contributed by atoms with Crippen molar-refractivity contribution in [1.82, 2.24) is 4.90 Å². The number of phenols is 1. The summed E-state index contributed by atoms with van der Waals surface area (Å²) in [4.78, 5) is 51.0. The van der Waals surface area contributed by atoms with E-state index in [0.29, 0.717) is 0 Å². The summed E-state index contributed by atoms with van der Waals surface area (Å²) >= 11 is 14.0. The maximum atomic E-state index is 15.0. The molecule has 0 spiro atoms. The molecule has 2 aromatic carbocycles. The summed E-state index contributed by atoms with van der Waals surface area (Å²) in [5.41, 5.74) is -2.57. The first-order valence-electron chi connectivity index (χ1n) is 13.5. The van der Waals surface area contributed by atoms with Crippen LogP contribution < -0.4 is 4.90 Å². The van der Waals surface area contributed by atoms with Gasteiger partial charge < -0.3 is 5.11 Å². The van der Waals surface area contributed by atoms with Gasteiger partial charge in [0.25, 0.3) is 11.8 Å². The molecule has 232 valence electrons. The number of rotatable bonds is 2. The third-order valence-electron chi connectivity index (χ3n) is 9.14. The molecule has 1 saturated carbocycles. The standard InChI is InChI=1S/C30H23Cl2F5N2O5/c1-28(2,3)39-24(41)13-9-8-11-14(16(13)25(39)42)10-29(31)26(43)38(23-21(36)19(34)18(33)20(35)22(23)37)27(44)30(29,32)17(11)12-6-4-5-7-15(12)40/h4-8,13-14,16-17,40H,9-10H2,1-3H3. The van der Waals surface area contributed by atoms with E-state index in [-0.39, 0.29) is 22.5 Å². The van der Waals surface area contributed by atoms with E-state index in [1.165, 1.54) is 24.3 Å². The van der Waals surface area contributed by atoms with Gasteiger partial charge in [0, 0.05) is 17.0 Å². The molecule has 0 radical (unpaired) electrons. The minimum atomic E-state index is -2.69. The van der Waals surface area contributed by atoms with Crippen LogP contribution in [0.3, 0.4) is 0 Å². The topological polar surface area (TPSA) is 95.0 Å². The average molecular weight is 657 g/mol. The van der Waals surface area contributed by atoms with E-state index in [9.17, 15) is 37.5 Å². The first-order chi connectivity index (χ1) is 20.4. The largest absolute Gasteiger partial charge is 0.508 e. The molecule has 2 aromatic rings. The van der Waals surface area contributed by atoms with Gasteiger partial charge in [-0.1, -0.05) is 29.8 Å². The lowest BCUT2D eigenvalue weighted by atomic mass is 9.56. The van der Waals surface area contributed by atoms with Gasteiger partial charge in [-0.05, 0) is 45.6 Å². The van der Waals surface area contributed by atoms with Crippen LogP contribution in [-0.2, 0) is 19.2 Å². The Morgan fingerprint density at radius 3 is 1.98 bits per heavy atom. The fourth-order valence-electron chi connectivity index (χ4n) is 7.31. The Labute approximate surface area is 257 Å². The second-order valence-electron chi connectivity index (χ2n) is 12.4. The van der Waals surface area contributed by atoms with Crippen molar-refractivity contribution in [3.05, 3.63) is 70.6 Å². The molecule has 2 saturated heterocycles. The Morgan fingerprint density at radius 2 is 1.41 bits per heavy atom. The summed E-state index contributed by atoms with van der Waals surface area (Å²) in [5.74, 6) is -21.4. The Balaban J connectivity index is 1.60. The number of hydrogen-bond acceptors (Lipinski definition) is 5. The summed E-state index contributed by atoms with van der Waals surface area (Å²) in [6.07, 6.45) is 0.978. The lowest BCUT2D eigenvalue weighted by Crippen LogP contribution is -2.60. The predicted octanol–water partition coefficient (Wildman–Crippen LogP) is 5.45. The van der Waals surface area contributed by atoms with Gasteiger partial charge >= 0.3 is 0 Å². The number of amides is 4. The molecule has 1 N–H and O–H groups in total. The fraction of sp³-hybridized carbons (Fsp3) is 0.400. The highest BCUT2D eigenvalue weighted by atomic mass is 35.5. The van der Waals surface area contributed by atoms with Gasteiger partial charge in [0.05, 0.1) is 11.8 Å². The van der Waals surface area contributed by atoms with Crippen molar-refractivity contribution in [3.8, 4) is 5.75 Å². The van der Waals surface area contributed by atoms with Crippen molar-refractivity contribution < 1.29 is 46.2 Å². The molecule has 2 heterocycles. The highest BCUT2D eigenvalue weighted by Gasteiger charge is 2.77. The molecule has 7 nitrogen and oxygen atoms in total. The van der Waals surface area contributed by atoms with E-state index in [1.807, 2.05) is 0 Å². The molecular formula is C30H23Cl2F5N2O5. The molecule has 4 aliphatic rings. The number of carbonyl (C=O) groups is 4. The van der Waals surface area contributed by atoms with Crippen LogP contribution in [0.5, 0.6) is 5.75 Å². The van der Waals surface area contributed by atoms with Crippen molar-refractivity contribution in [3.63, 3.8) is 0 Å². The number of imide groups is 2. The van der Waals surface area contributed by atoms with E-state index < -0.39 is 110 Å². The number of fused-ring (bicyclic) bond motifs is 4. The minimum Gasteiger partial charge on any atom is -0.508 e. The van der Waals surface area contributed by atoms with Crippen LogP contribution in [0.25, 0.3) is 0 Å². The Morgan fingerprint density at radius 1 is 0.841 bits per heavy atom. The van der Waals surface area contributed by atoms with Crippen molar-refractivity contribution in [2.24, 2.45) is 17.8 Å². The molecule has 44 heavy (non-hydrogen) atoms. The second-order valence-corrected chi connectivity index (χ2v) is 13.7. The molecule has 3 fully saturated rings. The molecule has 0 bridgehead atoms. The van der Waals surface area contributed by atoms with Gasteiger partial charge in [-0.15, -0.1) is 23.2 Å². The number of likely N-dealkylation sites (tertiary alicyclic amines) is 1. The number of hydrogen-bond donors (Lipinski definition) is 1. The lowest BCUT2D eigenvalue weighted by molar-refractivity contribution is -0.145. The quantitative estimate of drug-likeness (QED) is 0.116. The number of carbonyl (C=O) groups excluding carboxylic acids is 4. The van der Waals surface area contributed by atoms with Crippen molar-refractivity contribution in [2.75, 3.05) is 4.90 Å². The van der Waals surface area contributed by atoms with Crippen LogP contribution in [-0.4, -0.2) is 48.9 Å². The van der Waals surface area contributed by atoms with Crippen LogP contribution in [0.2, 0.25) is 0 Å². The number of benzene rings is 2. The zero-order chi connectivity index (χ0) is 32.4. The molecule has 6 atom stereocenters. The maximum absolute atomic E-state index is 15.0. The normalized spacial score (nSPS) is 31.7. The molecule has 4 amide bonds. The van der Waals surface area contributed by atoms with Gasteiger partial charge in [-0.2, -0.15) is 0 Å². The van der Waals surface area contributed by atoms with Gasteiger partial charge in [0.2, 0.25) is 17.6 Å². The predicted molar refractivity (Wildman–Crippen MR) is 146 cm³/mol. The zero-order valence-electron chi connectivity index (χ0n) is 23.2. The summed E-state index contributed by atoms with van der Waals surface area (Å²) in [6, 6.07) is 5.52. The molecule has 2 aliphatic heterocycles. The third-order valence-corrected chi connectivity index (χ3v) is 10.6. The third kappa shape index (κ3) is 3.61. The number of halogens is 7. The number of phenolic OH excluding ortho intramolecular Hbond substituents is 1.